The fraction of sp³-hybridized carbons (Fsp3) is 0. The lowest BCUT2D eigenvalue weighted by Crippen LogP contribution is -2.15. The number of primary sulfonamides is 1. The van der Waals surface area contributed by atoms with Crippen LogP contribution in [0.2, 0.25) is 0 Å². The van der Waals surface area contributed by atoms with Crippen LogP contribution in [-0.2, 0) is 10.0 Å². The molecule has 0 saturated carbocycles. The fourth-order valence-corrected chi connectivity index (χ4v) is 2.89. The lowest BCUT2D eigenvalue weighted by molar-refractivity contribution is 0.100. The molecule has 0 unspecified atom stereocenters. The Bertz CT molecular complexity index is 1050. The molecule has 1 amide bonds. The van der Waals surface area contributed by atoms with Crippen LogP contribution in [0.1, 0.15) is 10.4 Å². The zero-order valence-electron chi connectivity index (χ0n) is 13.0. The highest BCUT2D eigenvalue weighted by atomic mass is 32.2. The van der Waals surface area contributed by atoms with Crippen LogP contribution in [0, 0.1) is 0 Å². The van der Waals surface area contributed by atoms with Crippen LogP contribution < -0.4 is 10.9 Å². The van der Waals surface area contributed by atoms with Crippen molar-refractivity contribution >= 4 is 15.9 Å². The van der Waals surface area contributed by atoms with Gasteiger partial charge in [0, 0.05) is 17.3 Å². The number of primary amides is 1. The van der Waals surface area contributed by atoms with E-state index in [1.807, 2.05) is 30.3 Å². The molecule has 0 spiro atoms. The van der Waals surface area contributed by atoms with E-state index in [1.54, 1.807) is 6.07 Å². The maximum Gasteiger partial charge on any atom is 0.252 e. The summed E-state index contributed by atoms with van der Waals surface area (Å²) in [5, 5.41) is 5.17. The first-order valence-electron chi connectivity index (χ1n) is 7.22. The summed E-state index contributed by atoms with van der Waals surface area (Å²) in [6, 6.07) is 15.0. The number of sulfonamides is 1. The highest BCUT2D eigenvalue weighted by Gasteiger charge is 2.17. The molecule has 0 saturated heterocycles. The van der Waals surface area contributed by atoms with E-state index in [0.29, 0.717) is 11.4 Å². The molecule has 0 aliphatic carbocycles. The first-order valence-corrected chi connectivity index (χ1v) is 8.76. The number of amides is 1. The van der Waals surface area contributed by atoms with Crippen LogP contribution in [0.5, 0.6) is 0 Å². The normalized spacial score (nSPS) is 11.2. The van der Waals surface area contributed by atoms with Gasteiger partial charge in [0.25, 0.3) is 5.91 Å². The number of carbonyl (C=O) groups is 1. The topological polar surface area (TPSA) is 129 Å². The number of nitrogens with two attached hydrogens (primary N) is 2. The second kappa shape index (κ2) is 6.42. The smallest absolute Gasteiger partial charge is 0.252 e. The van der Waals surface area contributed by atoms with Gasteiger partial charge in [-0.25, -0.2) is 23.5 Å². The summed E-state index contributed by atoms with van der Waals surface area (Å²) in [6.45, 7) is 0. The van der Waals surface area contributed by atoms with Gasteiger partial charge in [0.05, 0.1) is 16.2 Å². The van der Waals surface area contributed by atoms with E-state index >= 15 is 0 Å². The third kappa shape index (κ3) is 3.54. The molecule has 0 bridgehead atoms. The minimum Gasteiger partial charge on any atom is -0.365 e. The number of carbonyl (C=O) groups excluding carboxylic acids is 1. The van der Waals surface area contributed by atoms with Crippen molar-refractivity contribution in [1.82, 2.24) is 9.97 Å². The third-order valence-electron chi connectivity index (χ3n) is 3.52. The van der Waals surface area contributed by atoms with Crippen LogP contribution in [-0.4, -0.2) is 24.3 Å². The molecule has 7 nitrogen and oxygen atoms in total. The van der Waals surface area contributed by atoms with Crippen molar-refractivity contribution < 1.29 is 13.2 Å². The van der Waals surface area contributed by atoms with Crippen LogP contribution in [0.25, 0.3) is 22.6 Å². The standard InChI is InChI=1S/C17H14N4O3S/c18-16(22)14-10-20-17(11-5-2-1-3-6-11)21-15(14)12-7-4-8-13(9-12)25(19,23)24/h1-10H,(H2,18,22)(H2,19,23,24). The molecule has 25 heavy (non-hydrogen) atoms. The number of hydrogen-bond donors (Lipinski definition) is 2. The number of aromatic nitrogens is 2. The Morgan fingerprint density at radius 2 is 1.64 bits per heavy atom. The Hall–Kier alpha value is -3.10. The Morgan fingerprint density at radius 3 is 2.28 bits per heavy atom. The van der Waals surface area contributed by atoms with Gasteiger partial charge < -0.3 is 5.73 Å². The molecule has 0 fully saturated rings. The van der Waals surface area contributed by atoms with Crippen LogP contribution >= 0.6 is 0 Å². The van der Waals surface area contributed by atoms with Gasteiger partial charge in [-0.15, -0.1) is 0 Å². The highest BCUT2D eigenvalue weighted by molar-refractivity contribution is 7.89. The number of hydrogen-bond acceptors (Lipinski definition) is 5. The van der Waals surface area contributed by atoms with Gasteiger partial charge in [0.15, 0.2) is 5.82 Å². The van der Waals surface area contributed by atoms with Gasteiger partial charge in [-0.05, 0) is 12.1 Å². The summed E-state index contributed by atoms with van der Waals surface area (Å²) in [4.78, 5) is 20.2. The van der Waals surface area contributed by atoms with Crippen LogP contribution in [0.3, 0.4) is 0 Å². The second-order valence-corrected chi connectivity index (χ2v) is 6.82. The molecular formula is C17H14N4O3S. The average molecular weight is 354 g/mol. The maximum atomic E-state index is 11.7. The summed E-state index contributed by atoms with van der Waals surface area (Å²) in [7, 11) is -3.89. The Morgan fingerprint density at radius 1 is 0.960 bits per heavy atom. The van der Waals surface area contributed by atoms with Crippen LogP contribution in [0.15, 0.2) is 65.7 Å². The molecule has 1 heterocycles. The zero-order chi connectivity index (χ0) is 18.0. The SMILES string of the molecule is NC(=O)c1cnc(-c2ccccc2)nc1-c1cccc(S(N)(=O)=O)c1. The quantitative estimate of drug-likeness (QED) is 0.734. The minimum atomic E-state index is -3.89. The van der Waals surface area contributed by atoms with Crippen molar-refractivity contribution in [3.8, 4) is 22.6 Å². The van der Waals surface area contributed by atoms with Crippen molar-refractivity contribution in [2.45, 2.75) is 4.90 Å². The molecule has 0 aliphatic rings. The molecule has 1 aromatic heterocycles. The maximum absolute atomic E-state index is 11.7. The zero-order valence-corrected chi connectivity index (χ0v) is 13.8. The largest absolute Gasteiger partial charge is 0.365 e. The number of rotatable bonds is 4. The fourth-order valence-electron chi connectivity index (χ4n) is 2.33. The Balaban J connectivity index is 2.22. The van der Waals surface area contributed by atoms with Gasteiger partial charge in [0.2, 0.25) is 10.0 Å². The predicted octanol–water partition coefficient (Wildman–Crippen LogP) is 1.56. The Kier molecular flexibility index (Phi) is 4.30. The average Bonchev–Trinajstić information content (AvgIpc) is 2.61. The van der Waals surface area contributed by atoms with E-state index in [9.17, 15) is 13.2 Å². The molecular weight excluding hydrogens is 340 g/mol. The summed E-state index contributed by atoms with van der Waals surface area (Å²) < 4.78 is 23.2. The van der Waals surface area contributed by atoms with E-state index in [1.165, 1.54) is 24.4 Å². The lowest BCUT2D eigenvalue weighted by Gasteiger charge is -2.09. The van der Waals surface area contributed by atoms with Crippen molar-refractivity contribution in [1.29, 1.82) is 0 Å². The van der Waals surface area contributed by atoms with E-state index in [2.05, 4.69) is 9.97 Å². The number of nitrogens with zero attached hydrogens (tertiary/aromatic N) is 2. The van der Waals surface area contributed by atoms with E-state index in [4.69, 9.17) is 10.9 Å². The van der Waals surface area contributed by atoms with Gasteiger partial charge in [-0.2, -0.15) is 0 Å². The van der Waals surface area contributed by atoms with Crippen molar-refractivity contribution in [2.24, 2.45) is 10.9 Å². The minimum absolute atomic E-state index is 0.0831. The summed E-state index contributed by atoms with van der Waals surface area (Å²) >= 11 is 0. The van der Waals surface area contributed by atoms with Crippen molar-refractivity contribution in [2.75, 3.05) is 0 Å². The lowest BCUT2D eigenvalue weighted by atomic mass is 10.1. The van der Waals surface area contributed by atoms with Crippen LogP contribution in [0.4, 0.5) is 0 Å². The van der Waals surface area contributed by atoms with Gasteiger partial charge in [-0.1, -0.05) is 42.5 Å². The highest BCUT2D eigenvalue weighted by Crippen LogP contribution is 2.26. The summed E-state index contributed by atoms with van der Waals surface area (Å²) in [5.74, 6) is -0.322. The summed E-state index contributed by atoms with van der Waals surface area (Å²) in [6.07, 6.45) is 1.33. The Labute approximate surface area is 144 Å². The third-order valence-corrected chi connectivity index (χ3v) is 4.43. The molecule has 2 aromatic carbocycles. The van der Waals surface area contributed by atoms with E-state index in [-0.39, 0.29) is 16.2 Å². The van der Waals surface area contributed by atoms with Gasteiger partial charge >= 0.3 is 0 Å². The number of benzene rings is 2. The molecule has 4 N–H and O–H groups in total. The molecule has 3 rings (SSSR count). The molecule has 0 aliphatic heterocycles. The van der Waals surface area contributed by atoms with Gasteiger partial charge in [0.1, 0.15) is 0 Å². The van der Waals surface area contributed by atoms with Crippen molar-refractivity contribution in [3.05, 3.63) is 66.4 Å². The summed E-state index contributed by atoms with van der Waals surface area (Å²) in [5.41, 5.74) is 6.89. The molecule has 0 atom stereocenters. The van der Waals surface area contributed by atoms with Crippen molar-refractivity contribution in [3.63, 3.8) is 0 Å². The van der Waals surface area contributed by atoms with E-state index < -0.39 is 15.9 Å². The second-order valence-electron chi connectivity index (χ2n) is 5.26. The first-order chi connectivity index (χ1) is 11.9. The monoisotopic (exact) mass is 354 g/mol. The molecule has 0 radical (unpaired) electrons. The van der Waals surface area contributed by atoms with E-state index in [0.717, 1.165) is 5.56 Å². The first kappa shape index (κ1) is 16.7. The molecule has 3 aromatic rings. The molecule has 126 valence electrons. The predicted molar refractivity (Wildman–Crippen MR) is 92.8 cm³/mol. The van der Waals surface area contributed by atoms with Gasteiger partial charge in [-0.3, -0.25) is 4.79 Å². The molecule has 8 heteroatoms.